The van der Waals surface area contributed by atoms with E-state index in [1.54, 1.807) is 46.0 Å². The molecule has 0 atom stereocenters. The highest BCUT2D eigenvalue weighted by Crippen LogP contribution is 2.25. The number of rotatable bonds is 6. The highest BCUT2D eigenvalue weighted by Gasteiger charge is 2.17. The second kappa shape index (κ2) is 8.90. The first-order chi connectivity index (χ1) is 16.5. The van der Waals surface area contributed by atoms with Gasteiger partial charge in [0.25, 0.3) is 5.91 Å². The molecule has 1 N–H and O–H groups in total. The molecule has 5 aromatic rings. The van der Waals surface area contributed by atoms with Crippen LogP contribution in [0.4, 0.5) is 4.39 Å². The fourth-order valence-electron chi connectivity index (χ4n) is 3.99. The topological polar surface area (TPSA) is 77.6 Å². The average Bonchev–Trinajstić information content (AvgIpc) is 3.48. The number of imidazole rings is 1. The maximum Gasteiger partial charge on any atom is 0.252 e. The number of hydrogen-bond donors (Lipinski definition) is 1. The average molecular weight is 455 g/mol. The first-order valence-electron chi connectivity index (χ1n) is 11.0. The molecule has 34 heavy (non-hydrogen) atoms. The third-order valence-corrected chi connectivity index (χ3v) is 5.77. The van der Waals surface area contributed by atoms with Gasteiger partial charge in [-0.05, 0) is 37.6 Å². The summed E-state index contributed by atoms with van der Waals surface area (Å²) in [6.45, 7) is 4.61. The third-order valence-electron chi connectivity index (χ3n) is 5.77. The molecular formula is C26H23FN6O. The van der Waals surface area contributed by atoms with Crippen LogP contribution in [0.1, 0.15) is 28.7 Å². The summed E-state index contributed by atoms with van der Waals surface area (Å²) in [4.78, 5) is 22.1. The van der Waals surface area contributed by atoms with E-state index in [4.69, 9.17) is 4.98 Å². The summed E-state index contributed by atoms with van der Waals surface area (Å²) in [5.74, 6) is 0.0495. The van der Waals surface area contributed by atoms with Gasteiger partial charge in [0.05, 0.1) is 28.5 Å². The molecule has 0 fully saturated rings. The summed E-state index contributed by atoms with van der Waals surface area (Å²) in [6.07, 6.45) is 5.00. The first kappa shape index (κ1) is 21.5. The van der Waals surface area contributed by atoms with Gasteiger partial charge in [-0.1, -0.05) is 36.4 Å². The van der Waals surface area contributed by atoms with Crippen LogP contribution in [-0.2, 0) is 13.1 Å². The zero-order valence-electron chi connectivity index (χ0n) is 18.9. The summed E-state index contributed by atoms with van der Waals surface area (Å²) >= 11 is 0. The molecule has 0 aliphatic heterocycles. The number of nitrogens with zero attached hydrogens (tertiary/aromatic N) is 5. The number of fused-ring (bicyclic) bond motifs is 1. The highest BCUT2D eigenvalue weighted by molar-refractivity contribution is 6.06. The Hall–Kier alpha value is -4.33. The maximum absolute atomic E-state index is 14.8. The summed E-state index contributed by atoms with van der Waals surface area (Å²) in [7, 11) is 0. The lowest BCUT2D eigenvalue weighted by atomic mass is 10.1. The first-order valence-corrected chi connectivity index (χ1v) is 11.0. The van der Waals surface area contributed by atoms with Gasteiger partial charge in [-0.2, -0.15) is 5.10 Å². The van der Waals surface area contributed by atoms with E-state index in [1.807, 2.05) is 44.2 Å². The maximum atomic E-state index is 14.8. The minimum atomic E-state index is -0.380. The van der Waals surface area contributed by atoms with Gasteiger partial charge in [-0.25, -0.2) is 19.0 Å². The van der Waals surface area contributed by atoms with Gasteiger partial charge in [-0.15, -0.1) is 0 Å². The quantitative estimate of drug-likeness (QED) is 0.404. The molecule has 0 saturated heterocycles. The van der Waals surface area contributed by atoms with Crippen LogP contribution in [-0.4, -0.2) is 30.2 Å². The zero-order chi connectivity index (χ0) is 23.7. The molecule has 7 nitrogen and oxygen atoms in total. The van der Waals surface area contributed by atoms with Gasteiger partial charge < -0.3 is 9.88 Å². The van der Waals surface area contributed by atoms with E-state index in [0.29, 0.717) is 45.9 Å². The van der Waals surface area contributed by atoms with Crippen molar-refractivity contribution in [3.05, 3.63) is 96.0 Å². The molecule has 0 saturated carbocycles. The molecule has 0 unspecified atom stereocenters. The molecule has 0 spiro atoms. The van der Waals surface area contributed by atoms with Gasteiger partial charge in [0.15, 0.2) is 5.65 Å². The van der Waals surface area contributed by atoms with E-state index in [-0.39, 0.29) is 18.3 Å². The van der Waals surface area contributed by atoms with Gasteiger partial charge in [0.1, 0.15) is 11.6 Å². The molecule has 5 rings (SSSR count). The van der Waals surface area contributed by atoms with Crippen molar-refractivity contribution in [3.63, 3.8) is 0 Å². The van der Waals surface area contributed by atoms with Crippen LogP contribution in [0, 0.1) is 12.7 Å². The molecule has 8 heteroatoms. The Morgan fingerprint density at radius 3 is 2.65 bits per heavy atom. The van der Waals surface area contributed by atoms with Crippen LogP contribution < -0.4 is 5.32 Å². The van der Waals surface area contributed by atoms with E-state index >= 15 is 0 Å². The van der Waals surface area contributed by atoms with Gasteiger partial charge in [0.2, 0.25) is 0 Å². The minimum absolute atomic E-state index is 0.186. The smallest absolute Gasteiger partial charge is 0.252 e. The predicted molar refractivity (Wildman–Crippen MR) is 128 cm³/mol. The van der Waals surface area contributed by atoms with Crippen molar-refractivity contribution in [1.82, 2.24) is 29.6 Å². The number of amides is 1. The Labute approximate surface area is 195 Å². The second-order valence-corrected chi connectivity index (χ2v) is 7.93. The van der Waals surface area contributed by atoms with E-state index < -0.39 is 0 Å². The van der Waals surface area contributed by atoms with Crippen LogP contribution in [0.15, 0.2) is 73.2 Å². The zero-order valence-corrected chi connectivity index (χ0v) is 18.9. The number of aryl methyl sites for hydroxylation is 2. The fraction of sp³-hybridized carbons (Fsp3) is 0.154. The molecule has 3 heterocycles. The van der Waals surface area contributed by atoms with Crippen molar-refractivity contribution >= 4 is 16.9 Å². The van der Waals surface area contributed by atoms with Crippen LogP contribution in [0.25, 0.3) is 28.0 Å². The number of nitrogens with one attached hydrogen (secondary N) is 1. The number of carbonyl (C=O) groups excluding carboxylic acids is 1. The number of aromatic nitrogens is 5. The van der Waals surface area contributed by atoms with Crippen molar-refractivity contribution in [3.8, 4) is 16.9 Å². The molecule has 0 aliphatic rings. The summed E-state index contributed by atoms with van der Waals surface area (Å²) in [5, 5.41) is 7.97. The van der Waals surface area contributed by atoms with E-state index in [2.05, 4.69) is 15.4 Å². The summed E-state index contributed by atoms with van der Waals surface area (Å²) in [5.41, 5.74) is 3.81. The Balaban J connectivity index is 1.43. The molecular weight excluding hydrogens is 431 g/mol. The third kappa shape index (κ3) is 3.94. The van der Waals surface area contributed by atoms with E-state index in [1.165, 1.54) is 6.07 Å². The van der Waals surface area contributed by atoms with Crippen molar-refractivity contribution in [1.29, 1.82) is 0 Å². The number of carbonyl (C=O) groups is 1. The second-order valence-electron chi connectivity index (χ2n) is 7.93. The molecule has 1 amide bonds. The van der Waals surface area contributed by atoms with Gasteiger partial charge in [-0.3, -0.25) is 4.79 Å². The fourth-order valence-corrected chi connectivity index (χ4v) is 3.99. The molecule has 2 aromatic carbocycles. The minimum Gasteiger partial charge on any atom is -0.348 e. The standard InChI is InChI=1S/C26H23FN6O/c1-3-33-25-21(16-30-33)20(14-23(31-25)19-7-5-4-6-8-19)26(34)29-15-18-9-10-24(22(27)13-18)32-12-11-28-17(32)2/h4-14,16H,3,15H2,1-2H3,(H,29,34). The number of benzene rings is 2. The summed E-state index contributed by atoms with van der Waals surface area (Å²) in [6, 6.07) is 16.4. The summed E-state index contributed by atoms with van der Waals surface area (Å²) < 4.78 is 18.2. The van der Waals surface area contributed by atoms with Gasteiger partial charge in [0, 0.05) is 31.0 Å². The molecule has 0 bridgehead atoms. The molecule has 0 radical (unpaired) electrons. The van der Waals surface area contributed by atoms with Crippen LogP contribution in [0.3, 0.4) is 0 Å². The Morgan fingerprint density at radius 2 is 1.94 bits per heavy atom. The van der Waals surface area contributed by atoms with Crippen LogP contribution in [0.5, 0.6) is 0 Å². The molecule has 0 aliphatic carbocycles. The lowest BCUT2D eigenvalue weighted by Gasteiger charge is -2.11. The highest BCUT2D eigenvalue weighted by atomic mass is 19.1. The van der Waals surface area contributed by atoms with E-state index in [0.717, 1.165) is 5.56 Å². The van der Waals surface area contributed by atoms with Crippen molar-refractivity contribution in [2.75, 3.05) is 0 Å². The normalized spacial score (nSPS) is 11.1. The monoisotopic (exact) mass is 454 g/mol. The number of pyridine rings is 1. The number of halogens is 1. The lowest BCUT2D eigenvalue weighted by molar-refractivity contribution is 0.0952. The van der Waals surface area contributed by atoms with Crippen molar-refractivity contribution < 1.29 is 9.18 Å². The van der Waals surface area contributed by atoms with Gasteiger partial charge >= 0.3 is 0 Å². The number of hydrogen-bond acceptors (Lipinski definition) is 4. The van der Waals surface area contributed by atoms with Crippen LogP contribution >= 0.6 is 0 Å². The van der Waals surface area contributed by atoms with Crippen molar-refractivity contribution in [2.24, 2.45) is 0 Å². The Kier molecular flexibility index (Phi) is 5.63. The largest absolute Gasteiger partial charge is 0.348 e. The molecule has 170 valence electrons. The predicted octanol–water partition coefficient (Wildman–Crippen LogP) is 4.68. The van der Waals surface area contributed by atoms with E-state index in [9.17, 15) is 9.18 Å². The SMILES string of the molecule is CCn1ncc2c(C(=O)NCc3ccc(-n4ccnc4C)c(F)c3)cc(-c3ccccc3)nc21. The van der Waals surface area contributed by atoms with Crippen molar-refractivity contribution in [2.45, 2.75) is 26.9 Å². The Morgan fingerprint density at radius 1 is 1.12 bits per heavy atom. The Bertz CT molecular complexity index is 1490. The molecule has 3 aromatic heterocycles. The lowest BCUT2D eigenvalue weighted by Crippen LogP contribution is -2.23. The van der Waals surface area contributed by atoms with Crippen LogP contribution in [0.2, 0.25) is 0 Å².